The lowest BCUT2D eigenvalue weighted by atomic mass is 10.2. The Bertz CT molecular complexity index is 789. The second kappa shape index (κ2) is 5.44. The van der Waals surface area contributed by atoms with Crippen LogP contribution in [0.4, 0.5) is 0 Å². The van der Waals surface area contributed by atoms with Gasteiger partial charge in [-0.3, -0.25) is 0 Å². The summed E-state index contributed by atoms with van der Waals surface area (Å²) in [7, 11) is 1.40. The number of fused-ring (bicyclic) bond motifs is 3. The molecule has 3 heteroatoms. The highest BCUT2D eigenvalue weighted by Crippen LogP contribution is 2.28. The fourth-order valence-electron chi connectivity index (χ4n) is 2.67. The Labute approximate surface area is 123 Å². The van der Waals surface area contributed by atoms with E-state index in [2.05, 4.69) is 41.0 Å². The van der Waals surface area contributed by atoms with Crippen LogP contribution in [0.3, 0.4) is 0 Å². The van der Waals surface area contributed by atoms with Gasteiger partial charge in [-0.25, -0.2) is 4.79 Å². The fourth-order valence-corrected chi connectivity index (χ4v) is 2.67. The van der Waals surface area contributed by atoms with Crippen molar-refractivity contribution < 1.29 is 9.53 Å². The molecule has 0 amide bonds. The van der Waals surface area contributed by atoms with Gasteiger partial charge in [-0.1, -0.05) is 42.5 Å². The zero-order valence-corrected chi connectivity index (χ0v) is 12.2. The summed E-state index contributed by atoms with van der Waals surface area (Å²) in [5.41, 5.74) is 2.97. The number of carbonyl (C=O) groups excluding carboxylic acids is 1. The van der Waals surface area contributed by atoms with E-state index in [0.29, 0.717) is 12.1 Å². The Morgan fingerprint density at radius 1 is 1.05 bits per heavy atom. The van der Waals surface area contributed by atoms with Gasteiger partial charge in [-0.15, -0.1) is 0 Å². The Morgan fingerprint density at radius 3 is 2.10 bits per heavy atom. The van der Waals surface area contributed by atoms with Crippen molar-refractivity contribution in [2.24, 2.45) is 0 Å². The lowest BCUT2D eigenvalue weighted by Gasteiger charge is -2.05. The van der Waals surface area contributed by atoms with E-state index in [1.54, 1.807) is 6.92 Å². The molecule has 0 atom stereocenters. The number of methoxy groups -OCH3 is 1. The normalized spacial score (nSPS) is 12.0. The Morgan fingerprint density at radius 2 is 1.57 bits per heavy atom. The molecule has 0 saturated heterocycles. The summed E-state index contributed by atoms with van der Waals surface area (Å²) >= 11 is 0. The number of carbonyl (C=O) groups is 1. The average Bonchev–Trinajstić information content (AvgIpc) is 2.86. The molecule has 3 rings (SSSR count). The van der Waals surface area contributed by atoms with Crippen LogP contribution < -0.4 is 0 Å². The minimum absolute atomic E-state index is 0.282. The van der Waals surface area contributed by atoms with Crippen molar-refractivity contribution in [1.29, 1.82) is 0 Å². The number of nitrogens with zero attached hydrogens (tertiary/aromatic N) is 1. The molecule has 0 spiro atoms. The van der Waals surface area contributed by atoms with Crippen molar-refractivity contribution >= 4 is 27.8 Å². The summed E-state index contributed by atoms with van der Waals surface area (Å²) in [6.45, 7) is 2.43. The average molecular weight is 279 g/mol. The van der Waals surface area contributed by atoms with Gasteiger partial charge >= 0.3 is 5.97 Å². The highest BCUT2D eigenvalue weighted by molar-refractivity contribution is 6.08. The molecule has 0 unspecified atom stereocenters. The van der Waals surface area contributed by atoms with Gasteiger partial charge in [0.15, 0.2) is 0 Å². The standard InChI is InChI=1S/C18H17NO2/c1-13(18(20)21-2)11-12-19-16-9-5-3-7-14(16)15-8-4-6-10-17(15)19/h3-11H,12H2,1-2H3. The minimum Gasteiger partial charge on any atom is -0.466 e. The molecule has 3 nitrogen and oxygen atoms in total. The molecule has 0 aliphatic rings. The third-order valence-corrected chi connectivity index (χ3v) is 3.77. The van der Waals surface area contributed by atoms with Crippen LogP contribution in [0.2, 0.25) is 0 Å². The van der Waals surface area contributed by atoms with E-state index in [0.717, 1.165) is 0 Å². The lowest BCUT2D eigenvalue weighted by molar-refractivity contribution is -0.136. The number of hydrogen-bond donors (Lipinski definition) is 0. The molecule has 1 heterocycles. The monoisotopic (exact) mass is 279 g/mol. The Kier molecular flexibility index (Phi) is 3.48. The van der Waals surface area contributed by atoms with Crippen molar-refractivity contribution in [3.05, 3.63) is 60.2 Å². The molecule has 21 heavy (non-hydrogen) atoms. The van der Waals surface area contributed by atoms with E-state index in [-0.39, 0.29) is 5.97 Å². The number of hydrogen-bond acceptors (Lipinski definition) is 2. The van der Waals surface area contributed by atoms with Crippen molar-refractivity contribution in [2.75, 3.05) is 7.11 Å². The second-order valence-corrected chi connectivity index (χ2v) is 5.02. The Hall–Kier alpha value is -2.55. The maximum atomic E-state index is 11.5. The molecule has 1 aromatic heterocycles. The van der Waals surface area contributed by atoms with E-state index in [1.807, 2.05) is 18.2 Å². The zero-order chi connectivity index (χ0) is 14.8. The smallest absolute Gasteiger partial charge is 0.333 e. The van der Waals surface area contributed by atoms with Crippen LogP contribution in [0.25, 0.3) is 21.8 Å². The van der Waals surface area contributed by atoms with Crippen LogP contribution in [0, 0.1) is 0 Å². The molecular weight excluding hydrogens is 262 g/mol. The van der Waals surface area contributed by atoms with Crippen molar-refractivity contribution in [3.8, 4) is 0 Å². The number of aromatic nitrogens is 1. The third kappa shape index (κ3) is 2.31. The van der Waals surface area contributed by atoms with Crippen molar-refractivity contribution in [3.63, 3.8) is 0 Å². The quantitative estimate of drug-likeness (QED) is 0.537. The molecule has 0 aliphatic heterocycles. The van der Waals surface area contributed by atoms with E-state index < -0.39 is 0 Å². The number of benzene rings is 2. The van der Waals surface area contributed by atoms with E-state index in [1.165, 1.54) is 28.9 Å². The first kappa shape index (κ1) is 13.4. The highest BCUT2D eigenvalue weighted by atomic mass is 16.5. The SMILES string of the molecule is COC(=O)C(C)=CCn1c2ccccc2c2ccccc21. The van der Waals surface area contributed by atoms with Gasteiger partial charge in [0.1, 0.15) is 0 Å². The second-order valence-electron chi connectivity index (χ2n) is 5.02. The molecule has 3 aromatic rings. The van der Waals surface area contributed by atoms with Gasteiger partial charge in [0, 0.05) is 33.9 Å². The van der Waals surface area contributed by atoms with Crippen molar-refractivity contribution in [2.45, 2.75) is 13.5 Å². The Balaban J connectivity index is 2.14. The van der Waals surface area contributed by atoms with Gasteiger partial charge in [0.05, 0.1) is 7.11 Å². The molecule has 0 aliphatic carbocycles. The summed E-state index contributed by atoms with van der Waals surface area (Å²) in [4.78, 5) is 11.5. The van der Waals surface area contributed by atoms with Gasteiger partial charge in [-0.2, -0.15) is 0 Å². The topological polar surface area (TPSA) is 31.2 Å². The molecule has 2 aromatic carbocycles. The summed E-state index contributed by atoms with van der Waals surface area (Å²) in [5, 5.41) is 2.47. The van der Waals surface area contributed by atoms with Gasteiger partial charge < -0.3 is 9.30 Å². The number of para-hydroxylation sites is 2. The number of esters is 1. The van der Waals surface area contributed by atoms with Crippen LogP contribution in [0.1, 0.15) is 6.92 Å². The third-order valence-electron chi connectivity index (χ3n) is 3.77. The van der Waals surface area contributed by atoms with Crippen LogP contribution >= 0.6 is 0 Å². The lowest BCUT2D eigenvalue weighted by Crippen LogP contribution is -2.03. The predicted molar refractivity (Wildman–Crippen MR) is 85.2 cm³/mol. The molecular formula is C18H17NO2. The van der Waals surface area contributed by atoms with Crippen LogP contribution in [-0.2, 0) is 16.1 Å². The van der Waals surface area contributed by atoms with Gasteiger partial charge in [0.25, 0.3) is 0 Å². The first-order chi connectivity index (χ1) is 10.2. The highest BCUT2D eigenvalue weighted by Gasteiger charge is 2.09. The maximum Gasteiger partial charge on any atom is 0.333 e. The molecule has 106 valence electrons. The van der Waals surface area contributed by atoms with Gasteiger partial charge in [-0.05, 0) is 19.1 Å². The number of ether oxygens (including phenoxy) is 1. The molecule has 0 fully saturated rings. The summed E-state index contributed by atoms with van der Waals surface area (Å²) < 4.78 is 6.96. The molecule has 0 radical (unpaired) electrons. The van der Waals surface area contributed by atoms with Crippen LogP contribution in [-0.4, -0.2) is 17.6 Å². The van der Waals surface area contributed by atoms with E-state index in [4.69, 9.17) is 4.74 Å². The summed E-state index contributed by atoms with van der Waals surface area (Å²) in [5.74, 6) is -0.282. The van der Waals surface area contributed by atoms with Crippen molar-refractivity contribution in [1.82, 2.24) is 4.57 Å². The predicted octanol–water partition coefficient (Wildman–Crippen LogP) is 3.91. The fraction of sp³-hybridized carbons (Fsp3) is 0.167. The van der Waals surface area contributed by atoms with Crippen LogP contribution in [0.5, 0.6) is 0 Å². The van der Waals surface area contributed by atoms with Crippen LogP contribution in [0.15, 0.2) is 60.2 Å². The minimum atomic E-state index is -0.282. The van der Waals surface area contributed by atoms with Gasteiger partial charge in [0.2, 0.25) is 0 Å². The molecule has 0 saturated carbocycles. The molecule has 0 N–H and O–H groups in total. The largest absolute Gasteiger partial charge is 0.466 e. The first-order valence-corrected chi connectivity index (χ1v) is 6.93. The number of rotatable bonds is 3. The maximum absolute atomic E-state index is 11.5. The van der Waals surface area contributed by atoms with E-state index in [9.17, 15) is 4.79 Å². The zero-order valence-electron chi connectivity index (χ0n) is 12.2. The summed E-state index contributed by atoms with van der Waals surface area (Å²) in [6, 6.07) is 16.6. The first-order valence-electron chi connectivity index (χ1n) is 6.93. The molecule has 0 bridgehead atoms. The van der Waals surface area contributed by atoms with E-state index >= 15 is 0 Å². The summed E-state index contributed by atoms with van der Waals surface area (Å²) in [6.07, 6.45) is 1.91. The number of allylic oxidation sites excluding steroid dienone is 1.